The molecular formula is C26H34N4O6S2. The van der Waals surface area contributed by atoms with E-state index in [0.717, 1.165) is 11.1 Å². The van der Waals surface area contributed by atoms with Crippen LogP contribution in [0.25, 0.3) is 0 Å². The van der Waals surface area contributed by atoms with Crippen molar-refractivity contribution in [2.45, 2.75) is 37.0 Å². The van der Waals surface area contributed by atoms with E-state index in [9.17, 15) is 19.2 Å². The number of nitrogens with two attached hydrogens (primary N) is 2. The maximum atomic E-state index is 12.6. The molecule has 4 atom stereocenters. The Kier molecular flexibility index (Phi) is 13.7. The highest BCUT2D eigenvalue weighted by molar-refractivity contribution is 8.76. The van der Waals surface area contributed by atoms with E-state index in [1.807, 2.05) is 60.7 Å². The molecule has 10 nitrogen and oxygen atoms in total. The van der Waals surface area contributed by atoms with Crippen molar-refractivity contribution >= 4 is 45.3 Å². The van der Waals surface area contributed by atoms with Crippen molar-refractivity contribution in [2.24, 2.45) is 11.5 Å². The summed E-state index contributed by atoms with van der Waals surface area (Å²) < 4.78 is 9.62. The number of carbonyl (C=O) groups is 4. The SMILES string of the molecule is COC(=O)[C@@H](CSSC[C@@H](NC(=O)[C@H](N)Cc1ccccc1)C(=O)OC)NC(=O)[C@H](N)Cc1ccccc1. The lowest BCUT2D eigenvalue weighted by atomic mass is 10.1. The molecule has 2 aromatic rings. The van der Waals surface area contributed by atoms with Gasteiger partial charge in [0, 0.05) is 11.5 Å². The largest absolute Gasteiger partial charge is 0.467 e. The molecule has 0 radical (unpaired) electrons. The van der Waals surface area contributed by atoms with Crippen molar-refractivity contribution in [2.75, 3.05) is 25.7 Å². The third-order valence-electron chi connectivity index (χ3n) is 5.43. The van der Waals surface area contributed by atoms with Gasteiger partial charge in [-0.25, -0.2) is 9.59 Å². The molecule has 0 heterocycles. The fourth-order valence-electron chi connectivity index (χ4n) is 3.33. The number of benzene rings is 2. The predicted molar refractivity (Wildman–Crippen MR) is 149 cm³/mol. The van der Waals surface area contributed by atoms with Crippen LogP contribution in [0.3, 0.4) is 0 Å². The Balaban J connectivity index is 1.87. The van der Waals surface area contributed by atoms with Crippen LogP contribution in [0.2, 0.25) is 0 Å². The number of ether oxygens (including phenoxy) is 2. The van der Waals surface area contributed by atoms with Crippen LogP contribution >= 0.6 is 21.6 Å². The molecule has 0 unspecified atom stereocenters. The van der Waals surface area contributed by atoms with Crippen molar-refractivity contribution in [1.82, 2.24) is 10.6 Å². The van der Waals surface area contributed by atoms with E-state index in [4.69, 9.17) is 20.9 Å². The van der Waals surface area contributed by atoms with Gasteiger partial charge in [0.1, 0.15) is 12.1 Å². The molecule has 2 amide bonds. The molecule has 206 valence electrons. The molecule has 0 spiro atoms. The number of nitrogens with one attached hydrogen (secondary N) is 2. The van der Waals surface area contributed by atoms with Gasteiger partial charge in [0.2, 0.25) is 11.8 Å². The van der Waals surface area contributed by atoms with Gasteiger partial charge in [-0.15, -0.1) is 0 Å². The lowest BCUT2D eigenvalue weighted by Gasteiger charge is -2.20. The van der Waals surface area contributed by atoms with Gasteiger partial charge >= 0.3 is 11.9 Å². The number of esters is 2. The molecule has 12 heteroatoms. The van der Waals surface area contributed by atoms with Crippen molar-refractivity contribution in [3.8, 4) is 0 Å². The summed E-state index contributed by atoms with van der Waals surface area (Å²) in [6, 6.07) is 15.0. The van der Waals surface area contributed by atoms with Gasteiger partial charge in [-0.3, -0.25) is 9.59 Å². The van der Waals surface area contributed by atoms with Gasteiger partial charge < -0.3 is 31.6 Å². The van der Waals surface area contributed by atoms with Crippen molar-refractivity contribution in [1.29, 1.82) is 0 Å². The molecule has 0 saturated heterocycles. The molecule has 0 aliphatic carbocycles. The van der Waals surface area contributed by atoms with Crippen LogP contribution in [0.4, 0.5) is 0 Å². The van der Waals surface area contributed by atoms with Gasteiger partial charge in [-0.2, -0.15) is 0 Å². The van der Waals surface area contributed by atoms with Crippen LogP contribution in [-0.4, -0.2) is 73.6 Å². The average Bonchev–Trinajstić information content (AvgIpc) is 2.93. The summed E-state index contributed by atoms with van der Waals surface area (Å²) in [5, 5.41) is 5.26. The van der Waals surface area contributed by atoms with Gasteiger partial charge in [0.05, 0.1) is 26.3 Å². The Morgan fingerprint density at radius 3 is 1.34 bits per heavy atom. The van der Waals surface area contributed by atoms with E-state index in [2.05, 4.69) is 10.6 Å². The van der Waals surface area contributed by atoms with Gasteiger partial charge in [-0.1, -0.05) is 82.3 Å². The second-order valence-electron chi connectivity index (χ2n) is 8.33. The smallest absolute Gasteiger partial charge is 0.329 e. The van der Waals surface area contributed by atoms with Crippen molar-refractivity contribution in [3.05, 3.63) is 71.8 Å². The second kappa shape index (κ2) is 16.7. The average molecular weight is 563 g/mol. The summed E-state index contributed by atoms with van der Waals surface area (Å²) in [4.78, 5) is 49.6. The van der Waals surface area contributed by atoms with E-state index < -0.39 is 47.9 Å². The third-order valence-corrected chi connectivity index (χ3v) is 7.85. The zero-order valence-electron chi connectivity index (χ0n) is 21.3. The Labute approximate surface area is 230 Å². The molecule has 38 heavy (non-hydrogen) atoms. The maximum Gasteiger partial charge on any atom is 0.329 e. The van der Waals surface area contributed by atoms with Crippen LogP contribution < -0.4 is 22.1 Å². The number of carbonyl (C=O) groups excluding carboxylic acids is 4. The van der Waals surface area contributed by atoms with Crippen molar-refractivity contribution in [3.63, 3.8) is 0 Å². The fraction of sp³-hybridized carbons (Fsp3) is 0.385. The number of rotatable bonds is 15. The summed E-state index contributed by atoms with van der Waals surface area (Å²) in [6.45, 7) is 0. The molecule has 2 rings (SSSR count). The molecule has 6 N–H and O–H groups in total. The first-order chi connectivity index (χ1) is 18.2. The van der Waals surface area contributed by atoms with Crippen LogP contribution in [0.5, 0.6) is 0 Å². The normalized spacial score (nSPS) is 13.9. The lowest BCUT2D eigenvalue weighted by Crippen LogP contribution is -2.51. The minimum atomic E-state index is -0.947. The Morgan fingerprint density at radius 1 is 0.684 bits per heavy atom. The first kappa shape index (κ1) is 31.2. The van der Waals surface area contributed by atoms with Gasteiger partial charge in [-0.05, 0) is 24.0 Å². The number of methoxy groups -OCH3 is 2. The first-order valence-electron chi connectivity index (χ1n) is 11.8. The quantitative estimate of drug-likeness (QED) is 0.139. The van der Waals surface area contributed by atoms with E-state index >= 15 is 0 Å². The minimum absolute atomic E-state index is 0.149. The second-order valence-corrected chi connectivity index (χ2v) is 10.9. The number of hydrogen-bond acceptors (Lipinski definition) is 10. The predicted octanol–water partition coefficient (Wildman–Crippen LogP) is 0.823. The summed E-state index contributed by atoms with van der Waals surface area (Å²) in [7, 11) is 4.91. The topological polar surface area (TPSA) is 163 Å². The Hall–Kier alpha value is -3.06. The van der Waals surface area contributed by atoms with E-state index in [0.29, 0.717) is 12.8 Å². The zero-order valence-corrected chi connectivity index (χ0v) is 23.0. The first-order valence-corrected chi connectivity index (χ1v) is 14.3. The molecule has 0 saturated carbocycles. The third kappa shape index (κ3) is 10.7. The molecule has 2 aromatic carbocycles. The van der Waals surface area contributed by atoms with Crippen molar-refractivity contribution < 1.29 is 28.7 Å². The van der Waals surface area contributed by atoms with Gasteiger partial charge in [0.25, 0.3) is 0 Å². The standard InChI is InChI=1S/C26H34N4O6S2/c1-35-25(33)21(29-23(31)19(27)13-17-9-5-3-6-10-17)15-37-38-16-22(26(34)36-2)30-24(32)20(28)14-18-11-7-4-8-12-18/h3-12,19-22H,13-16,27-28H2,1-2H3,(H,29,31)(H,30,32)/t19-,20-,21-,22-/m1/s1. The van der Waals surface area contributed by atoms with Crippen LogP contribution in [-0.2, 0) is 41.5 Å². The number of amides is 2. The highest BCUT2D eigenvalue weighted by Crippen LogP contribution is 2.24. The number of hydrogen-bond donors (Lipinski definition) is 4. The summed E-state index contributed by atoms with van der Waals surface area (Å²) in [5.74, 6) is -1.91. The highest BCUT2D eigenvalue weighted by atomic mass is 33.1. The van der Waals surface area contributed by atoms with Crippen LogP contribution in [0, 0.1) is 0 Å². The monoisotopic (exact) mass is 562 g/mol. The molecule has 0 fully saturated rings. The lowest BCUT2D eigenvalue weighted by molar-refractivity contribution is -0.144. The minimum Gasteiger partial charge on any atom is -0.467 e. The van der Waals surface area contributed by atoms with Crippen LogP contribution in [0.15, 0.2) is 60.7 Å². The Morgan fingerprint density at radius 2 is 1.03 bits per heavy atom. The summed E-state index contributed by atoms with van der Waals surface area (Å²) >= 11 is 0. The van der Waals surface area contributed by atoms with Gasteiger partial charge in [0.15, 0.2) is 0 Å². The zero-order chi connectivity index (χ0) is 27.9. The van der Waals surface area contributed by atoms with Crippen LogP contribution in [0.1, 0.15) is 11.1 Å². The fourth-order valence-corrected chi connectivity index (χ4v) is 5.63. The maximum absolute atomic E-state index is 12.6. The molecule has 0 bridgehead atoms. The molecule has 0 aromatic heterocycles. The summed E-state index contributed by atoms with van der Waals surface area (Å²) in [5.41, 5.74) is 13.8. The van der Waals surface area contributed by atoms with E-state index in [1.54, 1.807) is 0 Å². The van der Waals surface area contributed by atoms with E-state index in [-0.39, 0.29) is 11.5 Å². The molecular weight excluding hydrogens is 528 g/mol. The molecule has 0 aliphatic rings. The summed E-state index contributed by atoms with van der Waals surface area (Å²) in [6.07, 6.45) is 0.630. The molecule has 0 aliphatic heterocycles. The van der Waals surface area contributed by atoms with E-state index in [1.165, 1.54) is 35.8 Å². The highest BCUT2D eigenvalue weighted by Gasteiger charge is 2.27. The Bertz CT molecular complexity index is 961.